The number of alkyl halides is 3. The predicted molar refractivity (Wildman–Crippen MR) is 261 cm³/mol. The van der Waals surface area contributed by atoms with Crippen molar-refractivity contribution in [3.8, 4) is 68.0 Å². The third kappa shape index (κ3) is 6.60. The molecule has 4 nitrogen and oxygen atoms in total. The Morgan fingerprint density at radius 2 is 0.894 bits per heavy atom. The molecule has 0 aliphatic carbocycles. The molecule has 2 heterocycles. The first-order chi connectivity index (χ1) is 32.1. The lowest BCUT2D eigenvalue weighted by atomic mass is 9.91. The maximum atomic E-state index is 14.0. The highest BCUT2D eigenvalue weighted by Gasteiger charge is 2.31. The second-order valence-electron chi connectivity index (χ2n) is 16.8. The van der Waals surface area contributed by atoms with E-state index in [2.05, 4.69) is 138 Å². The average molecular weight is 859 g/mol. The summed E-state index contributed by atoms with van der Waals surface area (Å²) in [6.45, 7) is 4.14. The van der Waals surface area contributed by atoms with E-state index in [1.54, 1.807) is 6.07 Å². The fourth-order valence-corrected chi connectivity index (χ4v) is 9.58. The van der Waals surface area contributed by atoms with Crippen molar-refractivity contribution in [1.82, 2.24) is 9.13 Å². The number of hydrogen-bond acceptors (Lipinski definition) is 2. The zero-order valence-electron chi connectivity index (χ0n) is 35.8. The van der Waals surface area contributed by atoms with Crippen LogP contribution in [0.3, 0.4) is 0 Å². The predicted octanol–water partition coefficient (Wildman–Crippen LogP) is 15.9. The van der Waals surface area contributed by atoms with Crippen LogP contribution in [0.4, 0.5) is 13.2 Å². The molecule has 0 N–H and O–H groups in total. The third-order valence-electron chi connectivity index (χ3n) is 12.8. The van der Waals surface area contributed by atoms with Gasteiger partial charge in [-0.25, -0.2) is 0 Å². The first-order valence-electron chi connectivity index (χ1n) is 21.6. The van der Waals surface area contributed by atoms with E-state index in [1.807, 2.05) is 60.7 Å². The number of aryl methyl sites for hydroxylation is 2. The standard InChI is InChI=1S/C59H37F3N4/c1-36-14-18-38(19-15-36)40-22-27-54-49(31-40)47-9-3-5-11-52(47)65(54)56-29-24-42(46-26-25-45(59(60,61)62)30-44(46)35-64)33-51(56)58-43(34-63)8-7-13-57(58)66-53-12-6-4-10-48(53)50-32-41(23-28-55(50)66)39-20-16-37(2)17-21-39/h3-33H,1-2H3. The summed E-state index contributed by atoms with van der Waals surface area (Å²) in [5, 5.41) is 25.5. The highest BCUT2D eigenvalue weighted by atomic mass is 19.4. The van der Waals surface area contributed by atoms with Gasteiger partial charge in [0, 0.05) is 32.7 Å². The highest BCUT2D eigenvalue weighted by molar-refractivity contribution is 6.13. The van der Waals surface area contributed by atoms with Gasteiger partial charge in [-0.05, 0) is 120 Å². The van der Waals surface area contributed by atoms with E-state index in [9.17, 15) is 23.7 Å². The van der Waals surface area contributed by atoms with Crippen LogP contribution < -0.4 is 0 Å². The van der Waals surface area contributed by atoms with Crippen molar-refractivity contribution in [2.45, 2.75) is 20.0 Å². The first kappa shape index (κ1) is 40.1. The van der Waals surface area contributed by atoms with E-state index < -0.39 is 11.7 Å². The molecule has 0 aliphatic rings. The Morgan fingerprint density at radius 3 is 1.44 bits per heavy atom. The molecule has 2 aromatic heterocycles. The summed E-state index contributed by atoms with van der Waals surface area (Å²) >= 11 is 0. The van der Waals surface area contributed by atoms with E-state index >= 15 is 0 Å². The van der Waals surface area contributed by atoms with Gasteiger partial charge in [0.2, 0.25) is 0 Å². The van der Waals surface area contributed by atoms with Crippen LogP contribution in [0, 0.1) is 36.5 Å². The van der Waals surface area contributed by atoms with Crippen LogP contribution in [0.25, 0.3) is 99.5 Å². The largest absolute Gasteiger partial charge is 0.416 e. The SMILES string of the molecule is Cc1ccc(-c2ccc3c(c2)c2ccccc2n3-c2ccc(-c3ccc(C(F)(F)F)cc3C#N)cc2-c2c(C#N)cccc2-n2c3ccccc3c3cc(-c4ccc(C)cc4)ccc32)cc1. The molecule has 66 heavy (non-hydrogen) atoms. The maximum Gasteiger partial charge on any atom is 0.416 e. The van der Waals surface area contributed by atoms with Gasteiger partial charge < -0.3 is 9.13 Å². The number of benzene rings is 9. The van der Waals surface area contributed by atoms with E-state index in [0.29, 0.717) is 27.8 Å². The molecule has 11 aromatic rings. The molecule has 9 aromatic carbocycles. The van der Waals surface area contributed by atoms with Crippen LogP contribution in [0.1, 0.15) is 27.8 Å². The normalized spacial score (nSPS) is 11.7. The molecule has 0 unspecified atom stereocenters. The molecule has 0 saturated carbocycles. The van der Waals surface area contributed by atoms with Gasteiger partial charge in [0.15, 0.2) is 0 Å². The van der Waals surface area contributed by atoms with Gasteiger partial charge in [0.1, 0.15) is 0 Å². The number of nitrogens with zero attached hydrogens (tertiary/aromatic N) is 4. The number of hydrogen-bond donors (Lipinski definition) is 0. The number of rotatable bonds is 6. The number of nitriles is 2. The van der Waals surface area contributed by atoms with Gasteiger partial charge in [0.05, 0.1) is 62.3 Å². The zero-order valence-corrected chi connectivity index (χ0v) is 35.8. The second kappa shape index (κ2) is 15.6. The van der Waals surface area contributed by atoms with Crippen molar-refractivity contribution in [3.05, 3.63) is 216 Å². The molecule has 0 radical (unpaired) electrons. The van der Waals surface area contributed by atoms with Crippen LogP contribution in [-0.4, -0.2) is 9.13 Å². The zero-order chi connectivity index (χ0) is 45.3. The van der Waals surface area contributed by atoms with Crippen LogP contribution in [0.2, 0.25) is 0 Å². The number of aromatic nitrogens is 2. The monoisotopic (exact) mass is 858 g/mol. The second-order valence-corrected chi connectivity index (χ2v) is 16.8. The van der Waals surface area contributed by atoms with E-state index in [4.69, 9.17) is 0 Å². The minimum Gasteiger partial charge on any atom is -0.309 e. The minimum absolute atomic E-state index is 0.107. The third-order valence-corrected chi connectivity index (χ3v) is 12.8. The fourth-order valence-electron chi connectivity index (χ4n) is 9.58. The van der Waals surface area contributed by atoms with Gasteiger partial charge in [-0.15, -0.1) is 0 Å². The minimum atomic E-state index is -4.63. The Balaban J connectivity index is 1.22. The number of fused-ring (bicyclic) bond motifs is 6. The van der Waals surface area contributed by atoms with Crippen LogP contribution >= 0.6 is 0 Å². The fraction of sp³-hybridized carbons (Fsp3) is 0.0508. The van der Waals surface area contributed by atoms with E-state index in [1.165, 1.54) is 17.2 Å². The van der Waals surface area contributed by atoms with E-state index in [-0.39, 0.29) is 5.56 Å². The Bertz CT molecular complexity index is 3840. The average Bonchev–Trinajstić information content (AvgIpc) is 3.85. The first-order valence-corrected chi connectivity index (χ1v) is 21.6. The highest BCUT2D eigenvalue weighted by Crippen LogP contribution is 2.45. The van der Waals surface area contributed by atoms with Crippen molar-refractivity contribution in [1.29, 1.82) is 10.5 Å². The van der Waals surface area contributed by atoms with Gasteiger partial charge in [-0.2, -0.15) is 23.7 Å². The molecule has 0 saturated heterocycles. The van der Waals surface area contributed by atoms with Crippen LogP contribution in [0.15, 0.2) is 188 Å². The van der Waals surface area contributed by atoms with Gasteiger partial charge in [-0.3, -0.25) is 0 Å². The quantitative estimate of drug-likeness (QED) is 0.167. The molecule has 7 heteroatoms. The molecule has 314 valence electrons. The number of halogens is 3. The lowest BCUT2D eigenvalue weighted by Gasteiger charge is -2.21. The Hall–Kier alpha value is -8.65. The molecule has 0 fully saturated rings. The summed E-state index contributed by atoms with van der Waals surface area (Å²) in [5.41, 5.74) is 13.5. The van der Waals surface area contributed by atoms with Crippen molar-refractivity contribution in [2.24, 2.45) is 0 Å². The van der Waals surface area contributed by atoms with Crippen LogP contribution in [-0.2, 0) is 6.18 Å². The lowest BCUT2D eigenvalue weighted by Crippen LogP contribution is -2.06. The van der Waals surface area contributed by atoms with Gasteiger partial charge in [-0.1, -0.05) is 126 Å². The van der Waals surface area contributed by atoms with E-state index in [0.717, 1.165) is 89.4 Å². The van der Waals surface area contributed by atoms with Crippen molar-refractivity contribution in [3.63, 3.8) is 0 Å². The molecule has 0 bridgehead atoms. The van der Waals surface area contributed by atoms with Crippen molar-refractivity contribution in [2.75, 3.05) is 0 Å². The Morgan fingerprint density at radius 1 is 0.394 bits per heavy atom. The van der Waals surface area contributed by atoms with Gasteiger partial charge in [0.25, 0.3) is 0 Å². The molecular weight excluding hydrogens is 822 g/mol. The molecule has 0 spiro atoms. The summed E-state index contributed by atoms with van der Waals surface area (Å²) < 4.78 is 46.4. The van der Waals surface area contributed by atoms with Gasteiger partial charge >= 0.3 is 6.18 Å². The molecule has 11 rings (SSSR count). The van der Waals surface area contributed by atoms with Crippen LogP contribution in [0.5, 0.6) is 0 Å². The van der Waals surface area contributed by atoms with Crippen molar-refractivity contribution < 1.29 is 13.2 Å². The summed E-state index contributed by atoms with van der Waals surface area (Å²) in [7, 11) is 0. The Labute approximate surface area is 378 Å². The lowest BCUT2D eigenvalue weighted by molar-refractivity contribution is -0.137. The smallest absolute Gasteiger partial charge is 0.309 e. The molecule has 0 amide bonds. The molecular formula is C59H37F3N4. The Kier molecular flexibility index (Phi) is 9.46. The molecule has 0 aliphatic heterocycles. The maximum absolute atomic E-state index is 14.0. The molecule has 0 atom stereocenters. The topological polar surface area (TPSA) is 57.4 Å². The summed E-state index contributed by atoms with van der Waals surface area (Å²) in [6.07, 6.45) is -4.63. The summed E-state index contributed by atoms with van der Waals surface area (Å²) in [5.74, 6) is 0. The van der Waals surface area contributed by atoms with Crippen molar-refractivity contribution >= 4 is 43.6 Å². The summed E-state index contributed by atoms with van der Waals surface area (Å²) in [4.78, 5) is 0. The summed E-state index contributed by atoms with van der Waals surface area (Å²) in [6, 6.07) is 65.6. The number of para-hydroxylation sites is 2.